The van der Waals surface area contributed by atoms with Gasteiger partial charge in [0.15, 0.2) is 0 Å². The highest BCUT2D eigenvalue weighted by Gasteiger charge is 1.85. The standard InChI is InChI=1S/C10H10OS/c1-9(6-7-11)4-5-10-3-2-8-12-10/h2-8H,1H3/b5-4+,9-6-. The molecule has 0 spiro atoms. The molecule has 0 saturated heterocycles. The summed E-state index contributed by atoms with van der Waals surface area (Å²) < 4.78 is 0. The highest BCUT2D eigenvalue weighted by Crippen LogP contribution is 2.11. The lowest BCUT2D eigenvalue weighted by Crippen LogP contribution is -1.68. The van der Waals surface area contributed by atoms with E-state index in [1.165, 1.54) is 4.88 Å². The largest absolute Gasteiger partial charge is 0.299 e. The van der Waals surface area contributed by atoms with Crippen LogP contribution in [0.25, 0.3) is 6.08 Å². The Morgan fingerprint density at radius 2 is 2.42 bits per heavy atom. The molecule has 12 heavy (non-hydrogen) atoms. The van der Waals surface area contributed by atoms with Crippen LogP contribution in [-0.2, 0) is 4.79 Å². The molecule has 62 valence electrons. The molecule has 1 nitrogen and oxygen atoms in total. The van der Waals surface area contributed by atoms with Crippen LogP contribution in [0.15, 0.2) is 35.2 Å². The van der Waals surface area contributed by atoms with Gasteiger partial charge in [-0.15, -0.1) is 11.3 Å². The molecule has 0 saturated carbocycles. The lowest BCUT2D eigenvalue weighted by atomic mass is 10.2. The first-order valence-corrected chi connectivity index (χ1v) is 4.54. The zero-order valence-electron chi connectivity index (χ0n) is 6.86. The number of hydrogen-bond donors (Lipinski definition) is 0. The van der Waals surface area contributed by atoms with Crippen LogP contribution in [0.4, 0.5) is 0 Å². The molecule has 1 heterocycles. The third-order valence-electron chi connectivity index (χ3n) is 1.38. The Morgan fingerprint density at radius 3 is 3.00 bits per heavy atom. The third-order valence-corrected chi connectivity index (χ3v) is 2.22. The molecule has 0 bridgehead atoms. The normalized spacial score (nSPS) is 12.2. The van der Waals surface area contributed by atoms with Crippen LogP contribution in [0, 0.1) is 0 Å². The molecule has 0 N–H and O–H groups in total. The monoisotopic (exact) mass is 178 g/mol. The fraction of sp³-hybridized carbons (Fsp3) is 0.100. The van der Waals surface area contributed by atoms with Crippen LogP contribution < -0.4 is 0 Å². The summed E-state index contributed by atoms with van der Waals surface area (Å²) >= 11 is 1.68. The van der Waals surface area contributed by atoms with Crippen molar-refractivity contribution < 1.29 is 4.79 Å². The number of thiophene rings is 1. The van der Waals surface area contributed by atoms with Gasteiger partial charge in [0, 0.05) is 4.88 Å². The van der Waals surface area contributed by atoms with Crippen LogP contribution in [0.1, 0.15) is 11.8 Å². The number of carbonyl (C=O) groups excluding carboxylic acids is 1. The number of rotatable bonds is 3. The summed E-state index contributed by atoms with van der Waals surface area (Å²) in [4.78, 5) is 11.3. The Morgan fingerprint density at radius 1 is 1.58 bits per heavy atom. The van der Waals surface area contributed by atoms with Gasteiger partial charge in [-0.05, 0) is 36.1 Å². The molecule has 0 aliphatic carbocycles. The summed E-state index contributed by atoms with van der Waals surface area (Å²) in [5.41, 5.74) is 0.971. The molecule has 2 heteroatoms. The SMILES string of the molecule is CC(=C/C=O)/C=C/c1cccs1. The highest BCUT2D eigenvalue weighted by atomic mass is 32.1. The topological polar surface area (TPSA) is 17.1 Å². The molecule has 1 rings (SSSR count). The zero-order valence-corrected chi connectivity index (χ0v) is 7.67. The maximum Gasteiger partial charge on any atom is 0.143 e. The van der Waals surface area contributed by atoms with E-state index in [0.717, 1.165) is 11.9 Å². The van der Waals surface area contributed by atoms with Gasteiger partial charge in [0.1, 0.15) is 6.29 Å². The van der Waals surface area contributed by atoms with Crippen LogP contribution in [0.3, 0.4) is 0 Å². The quantitative estimate of drug-likeness (QED) is 0.395. The van der Waals surface area contributed by atoms with Crippen LogP contribution in [-0.4, -0.2) is 6.29 Å². The molecule has 0 radical (unpaired) electrons. The minimum Gasteiger partial charge on any atom is -0.299 e. The van der Waals surface area contributed by atoms with Gasteiger partial charge in [0.2, 0.25) is 0 Å². The van der Waals surface area contributed by atoms with Gasteiger partial charge < -0.3 is 0 Å². The van der Waals surface area contributed by atoms with E-state index in [9.17, 15) is 4.79 Å². The molecule has 1 aromatic heterocycles. The van der Waals surface area contributed by atoms with Crippen molar-refractivity contribution in [3.05, 3.63) is 40.1 Å². The number of aldehydes is 1. The van der Waals surface area contributed by atoms with Crippen molar-refractivity contribution >= 4 is 23.7 Å². The van der Waals surface area contributed by atoms with Gasteiger partial charge in [-0.2, -0.15) is 0 Å². The van der Waals surface area contributed by atoms with Crippen LogP contribution in [0.5, 0.6) is 0 Å². The molecule has 0 aliphatic heterocycles. The lowest BCUT2D eigenvalue weighted by molar-refractivity contribution is -0.104. The molecule has 0 aliphatic rings. The number of hydrogen-bond acceptors (Lipinski definition) is 2. The van der Waals surface area contributed by atoms with E-state index in [2.05, 4.69) is 0 Å². The first kappa shape index (κ1) is 8.94. The molecule has 1 aromatic rings. The lowest BCUT2D eigenvalue weighted by Gasteiger charge is -1.85. The summed E-state index contributed by atoms with van der Waals surface area (Å²) in [6, 6.07) is 4.04. The molecule has 0 unspecified atom stereocenters. The first-order valence-electron chi connectivity index (χ1n) is 3.66. The summed E-state index contributed by atoms with van der Waals surface area (Å²) in [5, 5.41) is 2.03. The van der Waals surface area contributed by atoms with Crippen molar-refractivity contribution in [2.75, 3.05) is 0 Å². The van der Waals surface area contributed by atoms with E-state index in [-0.39, 0.29) is 0 Å². The summed E-state index contributed by atoms with van der Waals surface area (Å²) in [5.74, 6) is 0. The molecular formula is C10H10OS. The summed E-state index contributed by atoms with van der Waals surface area (Å²) in [6.07, 6.45) is 6.28. The second-order valence-corrected chi connectivity index (χ2v) is 3.37. The summed E-state index contributed by atoms with van der Waals surface area (Å²) in [7, 11) is 0. The van der Waals surface area contributed by atoms with Crippen LogP contribution in [0.2, 0.25) is 0 Å². The van der Waals surface area contributed by atoms with E-state index in [1.807, 2.05) is 36.6 Å². The smallest absolute Gasteiger partial charge is 0.143 e. The fourth-order valence-electron chi connectivity index (χ4n) is 0.763. The van der Waals surface area contributed by atoms with Crippen molar-refractivity contribution in [1.29, 1.82) is 0 Å². The summed E-state index contributed by atoms with van der Waals surface area (Å²) in [6.45, 7) is 1.90. The second kappa shape index (κ2) is 4.67. The zero-order chi connectivity index (χ0) is 8.81. The van der Waals surface area contributed by atoms with Gasteiger partial charge in [-0.3, -0.25) is 4.79 Å². The first-order chi connectivity index (χ1) is 5.83. The molecule has 0 amide bonds. The fourth-order valence-corrected chi connectivity index (χ4v) is 1.38. The predicted octanol–water partition coefficient (Wildman–Crippen LogP) is 2.91. The highest BCUT2D eigenvalue weighted by molar-refractivity contribution is 7.10. The van der Waals surface area contributed by atoms with Crippen LogP contribution >= 0.6 is 11.3 Å². The van der Waals surface area contributed by atoms with E-state index in [0.29, 0.717) is 0 Å². The Kier molecular flexibility index (Phi) is 3.48. The van der Waals surface area contributed by atoms with Gasteiger partial charge in [0.05, 0.1) is 0 Å². The van der Waals surface area contributed by atoms with Gasteiger partial charge in [-0.1, -0.05) is 12.1 Å². The molecular weight excluding hydrogens is 168 g/mol. The molecule has 0 atom stereocenters. The Balaban J connectivity index is 2.62. The van der Waals surface area contributed by atoms with Gasteiger partial charge in [-0.25, -0.2) is 0 Å². The Bertz CT molecular complexity index is 294. The Hall–Kier alpha value is -1.15. The van der Waals surface area contributed by atoms with E-state index >= 15 is 0 Å². The maximum absolute atomic E-state index is 10.1. The van der Waals surface area contributed by atoms with Crippen molar-refractivity contribution in [1.82, 2.24) is 0 Å². The van der Waals surface area contributed by atoms with Gasteiger partial charge >= 0.3 is 0 Å². The minimum absolute atomic E-state index is 0.800. The number of allylic oxidation sites excluding steroid dienone is 3. The van der Waals surface area contributed by atoms with Crippen molar-refractivity contribution in [3.8, 4) is 0 Å². The van der Waals surface area contributed by atoms with E-state index < -0.39 is 0 Å². The number of carbonyl (C=O) groups is 1. The van der Waals surface area contributed by atoms with Gasteiger partial charge in [0.25, 0.3) is 0 Å². The van der Waals surface area contributed by atoms with Crippen molar-refractivity contribution in [2.45, 2.75) is 6.92 Å². The molecule has 0 fully saturated rings. The van der Waals surface area contributed by atoms with Crippen molar-refractivity contribution in [3.63, 3.8) is 0 Å². The van der Waals surface area contributed by atoms with Crippen molar-refractivity contribution in [2.24, 2.45) is 0 Å². The maximum atomic E-state index is 10.1. The predicted molar refractivity (Wildman–Crippen MR) is 53.2 cm³/mol. The average Bonchev–Trinajstić information content (AvgIpc) is 2.53. The second-order valence-electron chi connectivity index (χ2n) is 2.40. The molecule has 0 aromatic carbocycles. The van der Waals surface area contributed by atoms with E-state index in [1.54, 1.807) is 17.4 Å². The minimum atomic E-state index is 0.800. The Labute approximate surface area is 76.0 Å². The average molecular weight is 178 g/mol. The van der Waals surface area contributed by atoms with E-state index in [4.69, 9.17) is 0 Å². The third kappa shape index (κ3) is 2.84.